The van der Waals surface area contributed by atoms with Gasteiger partial charge in [0.15, 0.2) is 17.7 Å². The number of rotatable bonds is 4. The van der Waals surface area contributed by atoms with Gasteiger partial charge < -0.3 is 15.6 Å². The van der Waals surface area contributed by atoms with E-state index in [1.54, 1.807) is 0 Å². The molecule has 0 spiro atoms. The maximum atomic E-state index is 12.4. The van der Waals surface area contributed by atoms with Gasteiger partial charge in [-0.1, -0.05) is 6.08 Å². The molecule has 2 aromatic rings. The van der Waals surface area contributed by atoms with Crippen molar-refractivity contribution in [3.8, 4) is 0 Å². The summed E-state index contributed by atoms with van der Waals surface area (Å²) >= 11 is 0. The van der Waals surface area contributed by atoms with E-state index in [2.05, 4.69) is 21.5 Å². The van der Waals surface area contributed by atoms with E-state index < -0.39 is 32.4 Å². The number of nitrogens with two attached hydrogens (primary N) is 1. The molecule has 2 aliphatic rings. The zero-order valence-electron chi connectivity index (χ0n) is 13.0. The predicted octanol–water partition coefficient (Wildman–Crippen LogP) is 0.393. The largest absolute Gasteiger partial charge is 0.475 e. The first-order chi connectivity index (χ1) is 12.0. The summed E-state index contributed by atoms with van der Waals surface area (Å²) in [7, 11) is -3.78. The molecular formula is C13H16N5O6P. The topological polar surface area (TPSA) is 144 Å². The third-order valence-corrected chi connectivity index (χ3v) is 5.40. The minimum absolute atomic E-state index is 0.00258. The van der Waals surface area contributed by atoms with E-state index in [0.29, 0.717) is 11.2 Å². The molecule has 3 N–H and O–H groups in total. The number of aromatic nitrogens is 4. The van der Waals surface area contributed by atoms with Crippen LogP contribution in [0.4, 0.5) is 5.82 Å². The first-order valence-electron chi connectivity index (χ1n) is 7.47. The minimum Gasteiger partial charge on any atom is -0.386 e. The lowest BCUT2D eigenvalue weighted by molar-refractivity contribution is -0.0697. The second kappa shape index (κ2) is 6.13. The van der Waals surface area contributed by atoms with Gasteiger partial charge in [-0.2, -0.15) is 0 Å². The van der Waals surface area contributed by atoms with Crippen molar-refractivity contribution in [3.63, 3.8) is 0 Å². The summed E-state index contributed by atoms with van der Waals surface area (Å²) < 4.78 is 35.3. The molecule has 134 valence electrons. The van der Waals surface area contributed by atoms with Crippen molar-refractivity contribution in [1.82, 2.24) is 19.5 Å². The molecule has 0 aromatic carbocycles. The van der Waals surface area contributed by atoms with Crippen LogP contribution >= 0.6 is 7.82 Å². The van der Waals surface area contributed by atoms with Crippen LogP contribution < -0.4 is 5.73 Å². The Morgan fingerprint density at radius 3 is 3.16 bits per heavy atom. The average molecular weight is 369 g/mol. The fourth-order valence-electron chi connectivity index (χ4n) is 2.83. The molecule has 5 atom stereocenters. The van der Waals surface area contributed by atoms with Crippen LogP contribution in [-0.2, 0) is 22.9 Å². The van der Waals surface area contributed by atoms with E-state index in [-0.39, 0.29) is 19.0 Å². The highest BCUT2D eigenvalue weighted by molar-refractivity contribution is 7.48. The molecule has 12 heteroatoms. The molecule has 0 aliphatic carbocycles. The van der Waals surface area contributed by atoms with Crippen molar-refractivity contribution < 1.29 is 28.0 Å². The zero-order chi connectivity index (χ0) is 17.6. The monoisotopic (exact) mass is 369 g/mol. The number of fused-ring (bicyclic) bond motifs is 2. The minimum atomic E-state index is -3.78. The van der Waals surface area contributed by atoms with Crippen molar-refractivity contribution >= 4 is 24.8 Å². The maximum Gasteiger partial charge on any atom is 0.475 e. The van der Waals surface area contributed by atoms with Gasteiger partial charge in [0.1, 0.15) is 30.2 Å². The van der Waals surface area contributed by atoms with Gasteiger partial charge in [-0.3, -0.25) is 18.1 Å². The number of ether oxygens (including phenoxy) is 1. The van der Waals surface area contributed by atoms with Gasteiger partial charge in [-0.05, 0) is 0 Å². The Kier molecular flexibility index (Phi) is 4.07. The van der Waals surface area contributed by atoms with Gasteiger partial charge in [0, 0.05) is 0 Å². The number of phosphoric ester groups is 1. The second-order valence-electron chi connectivity index (χ2n) is 5.54. The third-order valence-electron chi connectivity index (χ3n) is 3.97. The van der Waals surface area contributed by atoms with Crippen LogP contribution in [-0.4, -0.2) is 56.2 Å². The Morgan fingerprint density at radius 1 is 1.52 bits per heavy atom. The number of hydrogen-bond acceptors (Lipinski definition) is 10. The van der Waals surface area contributed by atoms with Gasteiger partial charge in [0.25, 0.3) is 0 Å². The highest BCUT2D eigenvalue weighted by atomic mass is 31.2. The fraction of sp³-hybridized carbons (Fsp3) is 0.462. The Balaban J connectivity index is 1.61. The highest BCUT2D eigenvalue weighted by Gasteiger charge is 2.53. The van der Waals surface area contributed by atoms with Crippen LogP contribution in [0.5, 0.6) is 0 Å². The van der Waals surface area contributed by atoms with E-state index in [4.69, 9.17) is 24.0 Å². The maximum absolute atomic E-state index is 12.4. The van der Waals surface area contributed by atoms with Crippen molar-refractivity contribution in [2.24, 2.45) is 0 Å². The number of aliphatic hydroxyl groups excluding tert-OH is 1. The van der Waals surface area contributed by atoms with Crippen LogP contribution in [0.3, 0.4) is 0 Å². The lowest BCUT2D eigenvalue weighted by Gasteiger charge is -2.30. The van der Waals surface area contributed by atoms with E-state index >= 15 is 0 Å². The summed E-state index contributed by atoms with van der Waals surface area (Å²) in [5, 5.41) is 10.6. The van der Waals surface area contributed by atoms with Gasteiger partial charge in [-0.25, -0.2) is 19.5 Å². The molecule has 2 aliphatic heterocycles. The molecule has 25 heavy (non-hydrogen) atoms. The van der Waals surface area contributed by atoms with E-state index in [9.17, 15) is 9.67 Å². The molecule has 2 saturated heterocycles. The smallest absolute Gasteiger partial charge is 0.386 e. The van der Waals surface area contributed by atoms with E-state index in [0.717, 1.165) is 0 Å². The number of nitrogen functional groups attached to an aromatic ring is 1. The quantitative estimate of drug-likeness (QED) is 0.573. The summed E-state index contributed by atoms with van der Waals surface area (Å²) in [6, 6.07) is 0. The Hall–Kier alpha value is -1.88. The average Bonchev–Trinajstić information content (AvgIpc) is 3.16. The third kappa shape index (κ3) is 2.74. The van der Waals surface area contributed by atoms with Gasteiger partial charge in [0.05, 0.1) is 19.5 Å². The Bertz CT molecular complexity index is 859. The summed E-state index contributed by atoms with van der Waals surface area (Å²) in [5.74, 6) is 0.218. The Morgan fingerprint density at radius 2 is 2.36 bits per heavy atom. The molecule has 0 bridgehead atoms. The van der Waals surface area contributed by atoms with Gasteiger partial charge in [-0.15, -0.1) is 6.58 Å². The van der Waals surface area contributed by atoms with Crippen LogP contribution in [0.1, 0.15) is 6.23 Å². The lowest BCUT2D eigenvalue weighted by Crippen LogP contribution is -2.39. The first kappa shape index (κ1) is 16.6. The van der Waals surface area contributed by atoms with Gasteiger partial charge in [0.2, 0.25) is 0 Å². The predicted molar refractivity (Wildman–Crippen MR) is 84.2 cm³/mol. The molecule has 0 amide bonds. The molecule has 4 rings (SSSR count). The molecule has 0 radical (unpaired) electrons. The molecule has 4 heterocycles. The van der Waals surface area contributed by atoms with Crippen molar-refractivity contribution in [1.29, 1.82) is 0 Å². The van der Waals surface area contributed by atoms with Crippen molar-refractivity contribution in [3.05, 3.63) is 25.3 Å². The molecule has 2 aromatic heterocycles. The van der Waals surface area contributed by atoms with Crippen LogP contribution in [0, 0.1) is 0 Å². The molecule has 11 nitrogen and oxygen atoms in total. The molecule has 0 saturated carbocycles. The summed E-state index contributed by atoms with van der Waals surface area (Å²) in [6.45, 7) is 3.43. The molecular weight excluding hydrogens is 353 g/mol. The van der Waals surface area contributed by atoms with E-state index in [1.165, 1.54) is 23.3 Å². The number of hydrogen-bond donors (Lipinski definition) is 2. The zero-order valence-corrected chi connectivity index (χ0v) is 13.9. The summed E-state index contributed by atoms with van der Waals surface area (Å²) in [5.41, 5.74) is 6.56. The van der Waals surface area contributed by atoms with Crippen LogP contribution in [0.15, 0.2) is 25.3 Å². The van der Waals surface area contributed by atoms with Gasteiger partial charge >= 0.3 is 7.82 Å². The summed E-state index contributed by atoms with van der Waals surface area (Å²) in [6.07, 6.45) is 0.658. The summed E-state index contributed by atoms with van der Waals surface area (Å²) in [4.78, 5) is 12.1. The van der Waals surface area contributed by atoms with Crippen LogP contribution in [0.25, 0.3) is 11.2 Å². The van der Waals surface area contributed by atoms with Crippen molar-refractivity contribution in [2.45, 2.75) is 24.5 Å². The highest BCUT2D eigenvalue weighted by Crippen LogP contribution is 2.56. The van der Waals surface area contributed by atoms with Crippen molar-refractivity contribution in [2.75, 3.05) is 18.9 Å². The van der Waals surface area contributed by atoms with Crippen LogP contribution in [0.2, 0.25) is 0 Å². The number of imidazole rings is 1. The molecule has 5 unspecified atom stereocenters. The standard InChI is InChI=1S/C13H16N5O6P/c1-2-3-21-25(20)22-4-7-10(24-25)9(19)13(23-7)18-6-17-8-11(14)15-5-16-12(8)18/h2,5-7,9-10,13,19H,1,3-4H2,(H2,14,15,16). The lowest BCUT2D eigenvalue weighted by atomic mass is 10.1. The number of nitrogens with zero attached hydrogens (tertiary/aromatic N) is 4. The normalized spacial score (nSPS) is 34.9. The molecule has 2 fully saturated rings. The Labute approximate surface area is 142 Å². The number of phosphoric acid groups is 1. The number of aliphatic hydroxyl groups is 1. The number of anilines is 1. The second-order valence-corrected chi connectivity index (χ2v) is 7.16. The fourth-order valence-corrected chi connectivity index (χ4v) is 4.20. The van der Waals surface area contributed by atoms with E-state index in [1.807, 2.05) is 0 Å². The SMILES string of the molecule is C=CCOP1(=O)OCC2OC(n3cnc4c(N)ncnc43)C(O)C2O1. The first-order valence-corrected chi connectivity index (χ1v) is 8.93.